The van der Waals surface area contributed by atoms with Gasteiger partial charge in [0.1, 0.15) is 6.04 Å². The summed E-state index contributed by atoms with van der Waals surface area (Å²) in [7, 11) is 0. The number of hydrogen-bond acceptors (Lipinski definition) is 4. The summed E-state index contributed by atoms with van der Waals surface area (Å²) >= 11 is 0. The summed E-state index contributed by atoms with van der Waals surface area (Å²) in [6, 6.07) is 13.3. The van der Waals surface area contributed by atoms with Gasteiger partial charge in [-0.3, -0.25) is 24.6 Å². The number of benzene rings is 2. The van der Waals surface area contributed by atoms with E-state index < -0.39 is 23.8 Å². The first-order valence-electron chi connectivity index (χ1n) is 12.7. The average Bonchev–Trinajstić information content (AvgIpc) is 3.15. The highest BCUT2D eigenvalue weighted by Crippen LogP contribution is 2.27. The van der Waals surface area contributed by atoms with E-state index in [1.54, 1.807) is 24.3 Å². The highest BCUT2D eigenvalue weighted by molar-refractivity contribution is 6.23. The summed E-state index contributed by atoms with van der Waals surface area (Å²) in [6.45, 7) is 12.1. The molecule has 1 atom stereocenters. The minimum atomic E-state index is -1.10. The minimum Gasteiger partial charge on any atom is -0.274 e. The molecule has 0 saturated carbocycles. The third-order valence-electron chi connectivity index (χ3n) is 6.84. The number of amides is 4. The van der Waals surface area contributed by atoms with E-state index in [-0.39, 0.29) is 23.7 Å². The Labute approximate surface area is 213 Å². The number of carbonyl (C=O) groups is 4. The molecule has 1 unspecified atom stereocenters. The Hall–Kier alpha value is -3.48. The highest BCUT2D eigenvalue weighted by Gasteiger charge is 2.46. The molecule has 7 heteroatoms. The van der Waals surface area contributed by atoms with Crippen molar-refractivity contribution in [1.29, 1.82) is 0 Å². The van der Waals surface area contributed by atoms with Crippen molar-refractivity contribution in [1.82, 2.24) is 10.4 Å². The molecule has 1 aliphatic rings. The second-order valence-corrected chi connectivity index (χ2v) is 10.3. The Morgan fingerprint density at radius 2 is 1.56 bits per heavy atom. The van der Waals surface area contributed by atoms with Gasteiger partial charge in [-0.25, -0.2) is 9.91 Å². The summed E-state index contributed by atoms with van der Waals surface area (Å²) in [5.74, 6) is -2.17. The Bertz CT molecular complexity index is 1110. The number of carbonyl (C=O) groups excluding carboxylic acids is 4. The lowest BCUT2D eigenvalue weighted by molar-refractivity contribution is -0.145. The maximum atomic E-state index is 13.5. The van der Waals surface area contributed by atoms with Crippen molar-refractivity contribution in [2.75, 3.05) is 4.90 Å². The number of hydrazine groups is 1. The summed E-state index contributed by atoms with van der Waals surface area (Å²) in [5.41, 5.74) is 5.59. The van der Waals surface area contributed by atoms with Gasteiger partial charge < -0.3 is 0 Å². The molecule has 36 heavy (non-hydrogen) atoms. The third kappa shape index (κ3) is 5.66. The van der Waals surface area contributed by atoms with E-state index in [0.717, 1.165) is 27.5 Å². The van der Waals surface area contributed by atoms with Gasteiger partial charge in [0.15, 0.2) is 0 Å². The maximum absolute atomic E-state index is 13.5. The minimum absolute atomic E-state index is 0.0676. The van der Waals surface area contributed by atoms with Gasteiger partial charge in [0, 0.05) is 11.5 Å². The van der Waals surface area contributed by atoms with E-state index in [9.17, 15) is 19.2 Å². The molecule has 1 aliphatic heterocycles. The lowest BCUT2D eigenvalue weighted by Crippen LogP contribution is -2.56. The van der Waals surface area contributed by atoms with Gasteiger partial charge in [0.2, 0.25) is 11.8 Å². The van der Waals surface area contributed by atoms with Crippen LogP contribution in [0.25, 0.3) is 0 Å². The molecule has 0 bridgehead atoms. The SMILES string of the molecule is CCc1ccc(N2C(=O)CC(N(NC(=O)c3ccc(C(C)(C)C)cc3)C(=O)C(CC)CC)C2=O)cc1. The lowest BCUT2D eigenvalue weighted by Gasteiger charge is -2.30. The lowest BCUT2D eigenvalue weighted by atomic mass is 9.87. The van der Waals surface area contributed by atoms with Crippen LogP contribution in [-0.4, -0.2) is 34.7 Å². The van der Waals surface area contributed by atoms with E-state index in [1.807, 2.05) is 45.0 Å². The summed E-state index contributed by atoms with van der Waals surface area (Å²) in [4.78, 5) is 54.1. The maximum Gasteiger partial charge on any atom is 0.269 e. The fourth-order valence-electron chi connectivity index (χ4n) is 4.39. The Balaban J connectivity index is 1.90. The fraction of sp³-hybridized carbons (Fsp3) is 0.448. The number of anilines is 1. The van der Waals surface area contributed by atoms with Crippen molar-refractivity contribution < 1.29 is 19.2 Å². The average molecular weight is 492 g/mol. The molecule has 0 spiro atoms. The quantitative estimate of drug-likeness (QED) is 0.446. The summed E-state index contributed by atoms with van der Waals surface area (Å²) < 4.78 is 0. The van der Waals surface area contributed by atoms with Crippen LogP contribution in [0.4, 0.5) is 5.69 Å². The molecule has 4 amide bonds. The van der Waals surface area contributed by atoms with Gasteiger partial charge in [-0.05, 0) is 60.1 Å². The number of nitrogens with one attached hydrogen (secondary N) is 1. The summed E-state index contributed by atoms with van der Waals surface area (Å²) in [6.07, 6.45) is 1.76. The zero-order valence-corrected chi connectivity index (χ0v) is 22.1. The normalized spacial score (nSPS) is 16.0. The van der Waals surface area contributed by atoms with Crippen molar-refractivity contribution in [3.05, 3.63) is 65.2 Å². The van der Waals surface area contributed by atoms with Gasteiger partial charge in [-0.2, -0.15) is 0 Å². The van der Waals surface area contributed by atoms with Gasteiger partial charge in [-0.15, -0.1) is 0 Å². The number of imide groups is 1. The van der Waals surface area contributed by atoms with Crippen LogP contribution < -0.4 is 10.3 Å². The van der Waals surface area contributed by atoms with Crippen LogP contribution >= 0.6 is 0 Å². The second kappa shape index (κ2) is 11.1. The molecule has 0 aliphatic carbocycles. The van der Waals surface area contributed by atoms with Crippen molar-refractivity contribution in [2.24, 2.45) is 5.92 Å². The van der Waals surface area contributed by atoms with Crippen LogP contribution in [0.3, 0.4) is 0 Å². The van der Waals surface area contributed by atoms with Gasteiger partial charge in [0.25, 0.3) is 11.8 Å². The first-order valence-corrected chi connectivity index (χ1v) is 12.7. The van der Waals surface area contributed by atoms with E-state index >= 15 is 0 Å². The number of rotatable bonds is 7. The number of hydrogen-bond donors (Lipinski definition) is 1. The van der Waals surface area contributed by atoms with E-state index in [4.69, 9.17) is 0 Å². The van der Waals surface area contributed by atoms with Crippen LogP contribution in [0.5, 0.6) is 0 Å². The first kappa shape index (κ1) is 27.1. The third-order valence-corrected chi connectivity index (χ3v) is 6.84. The van der Waals surface area contributed by atoms with Crippen LogP contribution in [0, 0.1) is 5.92 Å². The molecular formula is C29H37N3O4. The van der Waals surface area contributed by atoms with Crippen molar-refractivity contribution in [2.45, 2.75) is 78.7 Å². The molecule has 7 nitrogen and oxygen atoms in total. The monoisotopic (exact) mass is 491 g/mol. The molecule has 3 rings (SSSR count). The summed E-state index contributed by atoms with van der Waals surface area (Å²) in [5, 5.41) is 1.10. The first-order chi connectivity index (χ1) is 17.0. The van der Waals surface area contributed by atoms with Crippen molar-refractivity contribution in [3.8, 4) is 0 Å². The standard InChI is InChI=1S/C29H37N3O4/c1-7-19-10-16-23(17-11-19)31-25(33)18-24(28(31)36)32(27(35)20(8-2)9-3)30-26(34)21-12-14-22(15-13-21)29(4,5)6/h10-17,20,24H,7-9,18H2,1-6H3,(H,30,34). The largest absolute Gasteiger partial charge is 0.274 e. The van der Waals surface area contributed by atoms with Crippen molar-refractivity contribution in [3.63, 3.8) is 0 Å². The van der Waals surface area contributed by atoms with Crippen LogP contribution in [0.1, 0.15) is 82.3 Å². The Morgan fingerprint density at radius 1 is 0.972 bits per heavy atom. The molecule has 1 N–H and O–H groups in total. The second-order valence-electron chi connectivity index (χ2n) is 10.3. The fourth-order valence-corrected chi connectivity index (χ4v) is 4.39. The van der Waals surface area contributed by atoms with Crippen LogP contribution in [0.15, 0.2) is 48.5 Å². The van der Waals surface area contributed by atoms with Gasteiger partial charge >= 0.3 is 0 Å². The molecule has 2 aromatic rings. The molecule has 0 radical (unpaired) electrons. The molecule has 1 fully saturated rings. The molecular weight excluding hydrogens is 454 g/mol. The predicted octanol–water partition coefficient (Wildman–Crippen LogP) is 4.79. The zero-order valence-electron chi connectivity index (χ0n) is 22.1. The molecule has 1 saturated heterocycles. The smallest absolute Gasteiger partial charge is 0.269 e. The van der Waals surface area contributed by atoms with E-state index in [2.05, 4.69) is 26.2 Å². The Morgan fingerprint density at radius 3 is 2.06 bits per heavy atom. The molecule has 192 valence electrons. The van der Waals surface area contributed by atoms with E-state index in [1.165, 1.54) is 0 Å². The number of nitrogens with zero attached hydrogens (tertiary/aromatic N) is 2. The Kier molecular flexibility index (Phi) is 8.33. The van der Waals surface area contributed by atoms with Gasteiger partial charge in [-0.1, -0.05) is 65.8 Å². The molecule has 1 heterocycles. The topological polar surface area (TPSA) is 86.8 Å². The highest BCUT2D eigenvalue weighted by atomic mass is 16.2. The van der Waals surface area contributed by atoms with Crippen LogP contribution in [0.2, 0.25) is 0 Å². The zero-order chi connectivity index (χ0) is 26.6. The molecule has 0 aromatic heterocycles. The predicted molar refractivity (Wildman–Crippen MR) is 140 cm³/mol. The van der Waals surface area contributed by atoms with Crippen LogP contribution in [-0.2, 0) is 26.2 Å². The van der Waals surface area contributed by atoms with Gasteiger partial charge in [0.05, 0.1) is 12.1 Å². The number of aryl methyl sites for hydroxylation is 1. The molecule has 2 aromatic carbocycles. The van der Waals surface area contributed by atoms with Crippen molar-refractivity contribution >= 4 is 29.3 Å². The van der Waals surface area contributed by atoms with E-state index in [0.29, 0.717) is 24.1 Å².